The Morgan fingerprint density at radius 3 is 2.32 bits per heavy atom. The van der Waals surface area contributed by atoms with Crippen molar-refractivity contribution in [2.45, 2.75) is 18.9 Å². The number of nitrogens with one attached hydrogen (secondary N) is 1. The number of carbonyl (C=O) groups excluding carboxylic acids is 2. The molecule has 3 N–H and O–H groups in total. The number of rotatable bonds is 7. The average molecular weight is 341 g/mol. The smallest absolute Gasteiger partial charge is 0.312 e. The number of hydrogen-bond donors (Lipinski definition) is 2. The summed E-state index contributed by atoms with van der Waals surface area (Å²) in [6, 6.07) is 15.5. The molecule has 0 unspecified atom stereocenters. The van der Waals surface area contributed by atoms with Crippen LogP contribution in [0.1, 0.15) is 12.0 Å². The zero-order chi connectivity index (χ0) is 18.2. The van der Waals surface area contributed by atoms with Crippen LogP contribution >= 0.6 is 0 Å². The van der Waals surface area contributed by atoms with Crippen molar-refractivity contribution >= 4 is 17.6 Å². The second-order valence-electron chi connectivity index (χ2n) is 5.68. The van der Waals surface area contributed by atoms with Crippen LogP contribution in [0.5, 0.6) is 5.75 Å². The molecule has 25 heavy (non-hydrogen) atoms. The Hall–Kier alpha value is -3.02. The third-order valence-corrected chi connectivity index (χ3v) is 3.97. The predicted octanol–water partition coefficient (Wildman–Crippen LogP) is 2.33. The minimum absolute atomic E-state index is 0.222. The van der Waals surface area contributed by atoms with Gasteiger partial charge in [-0.3, -0.25) is 4.79 Å². The summed E-state index contributed by atoms with van der Waals surface area (Å²) < 4.78 is 5.12. The van der Waals surface area contributed by atoms with Crippen LogP contribution in [0.2, 0.25) is 0 Å². The summed E-state index contributed by atoms with van der Waals surface area (Å²) >= 11 is 0. The van der Waals surface area contributed by atoms with E-state index in [1.165, 1.54) is 4.90 Å². The summed E-state index contributed by atoms with van der Waals surface area (Å²) in [4.78, 5) is 25.6. The topological polar surface area (TPSA) is 84.7 Å². The highest BCUT2D eigenvalue weighted by Gasteiger charge is 2.24. The molecule has 0 bridgehead atoms. The second kappa shape index (κ2) is 8.73. The molecule has 0 aromatic heterocycles. The Labute approximate surface area is 147 Å². The van der Waals surface area contributed by atoms with Crippen LogP contribution in [0.25, 0.3) is 0 Å². The first-order valence-corrected chi connectivity index (χ1v) is 8.02. The predicted molar refractivity (Wildman–Crippen MR) is 97.7 cm³/mol. The molecule has 132 valence electrons. The Balaban J connectivity index is 2.08. The Kier molecular flexibility index (Phi) is 6.39. The van der Waals surface area contributed by atoms with E-state index in [-0.39, 0.29) is 5.91 Å². The van der Waals surface area contributed by atoms with Crippen molar-refractivity contribution < 1.29 is 14.3 Å². The fourth-order valence-corrected chi connectivity index (χ4v) is 2.55. The zero-order valence-electron chi connectivity index (χ0n) is 14.4. The summed E-state index contributed by atoms with van der Waals surface area (Å²) in [7, 11) is 3.25. The van der Waals surface area contributed by atoms with Gasteiger partial charge in [0.1, 0.15) is 11.8 Å². The van der Waals surface area contributed by atoms with Crippen LogP contribution in [0, 0.1) is 0 Å². The van der Waals surface area contributed by atoms with Crippen LogP contribution in [-0.2, 0) is 11.2 Å². The summed E-state index contributed by atoms with van der Waals surface area (Å²) in [5, 5.41) is 2.55. The van der Waals surface area contributed by atoms with E-state index >= 15 is 0 Å². The lowest BCUT2D eigenvalue weighted by Crippen LogP contribution is -2.49. The first kappa shape index (κ1) is 18.3. The number of methoxy groups -OCH3 is 1. The maximum absolute atomic E-state index is 12.8. The number of benzene rings is 2. The average Bonchev–Trinajstić information content (AvgIpc) is 2.64. The van der Waals surface area contributed by atoms with Crippen molar-refractivity contribution in [1.29, 1.82) is 0 Å². The van der Waals surface area contributed by atoms with E-state index in [9.17, 15) is 9.59 Å². The van der Waals surface area contributed by atoms with Gasteiger partial charge in [-0.1, -0.05) is 30.3 Å². The number of primary amides is 1. The molecule has 0 spiro atoms. The number of nitrogens with zero attached hydrogens (tertiary/aromatic N) is 1. The molecule has 0 aliphatic carbocycles. The Morgan fingerprint density at radius 1 is 1.12 bits per heavy atom. The fourth-order valence-electron chi connectivity index (χ4n) is 2.55. The first-order valence-electron chi connectivity index (χ1n) is 8.02. The molecular weight excluding hydrogens is 318 g/mol. The summed E-state index contributed by atoms with van der Waals surface area (Å²) in [5.41, 5.74) is 7.05. The highest BCUT2D eigenvalue weighted by Crippen LogP contribution is 2.19. The van der Waals surface area contributed by atoms with E-state index in [0.717, 1.165) is 5.56 Å². The van der Waals surface area contributed by atoms with Gasteiger partial charge in [0.2, 0.25) is 5.91 Å². The van der Waals surface area contributed by atoms with Crippen LogP contribution in [0.15, 0.2) is 54.6 Å². The summed E-state index contributed by atoms with van der Waals surface area (Å²) in [5.74, 6) is 0.486. The quantitative estimate of drug-likeness (QED) is 0.810. The summed E-state index contributed by atoms with van der Waals surface area (Å²) in [6.45, 7) is 0. The van der Waals surface area contributed by atoms with Gasteiger partial charge in [0, 0.05) is 12.7 Å². The summed E-state index contributed by atoms with van der Waals surface area (Å²) in [6.07, 6.45) is 1.13. The minimum Gasteiger partial charge on any atom is -0.497 e. The van der Waals surface area contributed by atoms with Gasteiger partial charge < -0.3 is 20.7 Å². The highest BCUT2D eigenvalue weighted by molar-refractivity contribution is 5.98. The molecule has 1 atom stereocenters. The monoisotopic (exact) mass is 341 g/mol. The van der Waals surface area contributed by atoms with E-state index in [0.29, 0.717) is 24.3 Å². The third-order valence-electron chi connectivity index (χ3n) is 3.97. The maximum atomic E-state index is 12.8. The highest BCUT2D eigenvalue weighted by atomic mass is 16.5. The van der Waals surface area contributed by atoms with Crippen LogP contribution in [-0.4, -0.2) is 32.1 Å². The standard InChI is InChI=1S/C19H23N3O3/c1-22(15-9-11-16(25-2)12-10-15)18(23)17(21-19(20)24)13-8-14-6-4-3-5-7-14/h3-7,9-12,17H,8,13H2,1-2H3,(H3,20,21,24)/t17-/m0/s1. The van der Waals surface area contributed by atoms with E-state index in [1.54, 1.807) is 38.4 Å². The minimum atomic E-state index is -0.713. The van der Waals surface area contributed by atoms with E-state index < -0.39 is 12.1 Å². The second-order valence-corrected chi connectivity index (χ2v) is 5.68. The lowest BCUT2D eigenvalue weighted by Gasteiger charge is -2.24. The molecule has 2 aromatic carbocycles. The molecule has 0 heterocycles. The number of carbonyl (C=O) groups is 2. The SMILES string of the molecule is COc1ccc(N(C)C(=O)[C@H](CCc2ccccc2)NC(N)=O)cc1. The van der Waals surface area contributed by atoms with Crippen molar-refractivity contribution in [3.8, 4) is 5.75 Å². The molecule has 0 fully saturated rings. The third kappa shape index (κ3) is 5.24. The van der Waals surface area contributed by atoms with Gasteiger partial charge in [0.05, 0.1) is 7.11 Å². The number of nitrogens with two attached hydrogens (primary N) is 1. The maximum Gasteiger partial charge on any atom is 0.312 e. The first-order chi connectivity index (χ1) is 12.0. The van der Waals surface area contributed by atoms with Gasteiger partial charge in [-0.15, -0.1) is 0 Å². The van der Waals surface area contributed by atoms with Crippen LogP contribution in [0.4, 0.5) is 10.5 Å². The molecule has 0 saturated carbocycles. The molecular formula is C19H23N3O3. The Bertz CT molecular complexity index is 702. The van der Waals surface area contributed by atoms with Gasteiger partial charge >= 0.3 is 6.03 Å². The lowest BCUT2D eigenvalue weighted by atomic mass is 10.0. The van der Waals surface area contributed by atoms with Gasteiger partial charge in [0.15, 0.2) is 0 Å². The molecule has 2 rings (SSSR count). The number of amides is 3. The number of likely N-dealkylation sites (N-methyl/N-ethyl adjacent to an activating group) is 1. The number of aryl methyl sites for hydroxylation is 1. The van der Waals surface area contributed by atoms with Crippen molar-refractivity contribution in [2.24, 2.45) is 5.73 Å². The number of anilines is 1. The van der Waals surface area contributed by atoms with Crippen molar-refractivity contribution in [3.05, 3.63) is 60.2 Å². The molecule has 6 heteroatoms. The Morgan fingerprint density at radius 2 is 1.76 bits per heavy atom. The van der Waals surface area contributed by atoms with Gasteiger partial charge in [0.25, 0.3) is 0 Å². The van der Waals surface area contributed by atoms with Crippen molar-refractivity contribution in [2.75, 3.05) is 19.1 Å². The molecule has 3 amide bonds. The van der Waals surface area contributed by atoms with Gasteiger partial charge in [-0.2, -0.15) is 0 Å². The van der Waals surface area contributed by atoms with Gasteiger partial charge in [-0.25, -0.2) is 4.79 Å². The molecule has 6 nitrogen and oxygen atoms in total. The normalized spacial score (nSPS) is 11.4. The van der Waals surface area contributed by atoms with E-state index in [1.807, 2.05) is 30.3 Å². The lowest BCUT2D eigenvalue weighted by molar-refractivity contribution is -0.120. The van der Waals surface area contributed by atoms with E-state index in [4.69, 9.17) is 10.5 Å². The molecule has 0 radical (unpaired) electrons. The largest absolute Gasteiger partial charge is 0.497 e. The number of urea groups is 1. The molecule has 0 saturated heterocycles. The van der Waals surface area contributed by atoms with E-state index in [2.05, 4.69) is 5.32 Å². The number of ether oxygens (including phenoxy) is 1. The van der Waals surface area contributed by atoms with Crippen molar-refractivity contribution in [3.63, 3.8) is 0 Å². The van der Waals surface area contributed by atoms with Crippen LogP contribution in [0.3, 0.4) is 0 Å². The molecule has 0 aliphatic rings. The van der Waals surface area contributed by atoms with Crippen molar-refractivity contribution in [1.82, 2.24) is 5.32 Å². The zero-order valence-corrected chi connectivity index (χ0v) is 14.4. The molecule has 0 aliphatic heterocycles. The van der Waals surface area contributed by atoms with Gasteiger partial charge in [-0.05, 0) is 42.7 Å². The molecule has 2 aromatic rings. The number of hydrogen-bond acceptors (Lipinski definition) is 3. The fraction of sp³-hybridized carbons (Fsp3) is 0.263. The van der Waals surface area contributed by atoms with Crippen LogP contribution < -0.4 is 20.7 Å².